The van der Waals surface area contributed by atoms with Gasteiger partial charge in [-0.15, -0.1) is 0 Å². The van der Waals surface area contributed by atoms with E-state index in [4.69, 9.17) is 0 Å². The Hall–Kier alpha value is 0.830. The van der Waals surface area contributed by atoms with Gasteiger partial charge in [-0.3, -0.25) is 0 Å². The van der Waals surface area contributed by atoms with Gasteiger partial charge in [0.05, 0.1) is 21.2 Å². The molecule has 0 radical (unpaired) electrons. The van der Waals surface area contributed by atoms with Crippen LogP contribution < -0.4 is 0 Å². The van der Waals surface area contributed by atoms with Crippen molar-refractivity contribution in [3.63, 3.8) is 0 Å². The second kappa shape index (κ2) is 3.29. The van der Waals surface area contributed by atoms with Crippen molar-refractivity contribution < 1.29 is 17.4 Å². The van der Waals surface area contributed by atoms with Gasteiger partial charge in [0.15, 0.2) is 0 Å². The summed E-state index contributed by atoms with van der Waals surface area (Å²) in [4.78, 5) is 0. The predicted molar refractivity (Wildman–Crippen MR) is 45.3 cm³/mol. The van der Waals surface area contributed by atoms with Crippen LogP contribution in [0.25, 0.3) is 0 Å². The molecule has 1 fully saturated rings. The van der Waals surface area contributed by atoms with E-state index in [-0.39, 0.29) is 19.4 Å². The van der Waals surface area contributed by atoms with Gasteiger partial charge >= 0.3 is 6.18 Å². The van der Waals surface area contributed by atoms with E-state index in [0.29, 0.717) is 0 Å². The highest BCUT2D eigenvalue weighted by Gasteiger charge is 2.63. The molecule has 0 bridgehead atoms. The summed E-state index contributed by atoms with van der Waals surface area (Å²) >= 11 is 1.81. The SMILES string of the molecule is FC(F)(F)C1(COSI)CC1. The van der Waals surface area contributed by atoms with E-state index in [1.807, 2.05) is 21.2 Å². The average Bonchev–Trinajstić information content (AvgIpc) is 2.61. The second-order valence-electron chi connectivity index (χ2n) is 2.60. The molecule has 0 aromatic carbocycles. The molecule has 0 aromatic rings. The topological polar surface area (TPSA) is 9.23 Å². The average molecular weight is 298 g/mol. The molecule has 1 aliphatic rings. The van der Waals surface area contributed by atoms with Gasteiger partial charge in [-0.2, -0.15) is 13.2 Å². The Balaban J connectivity index is 2.41. The molecule has 0 atom stereocenters. The van der Waals surface area contributed by atoms with E-state index in [9.17, 15) is 13.2 Å². The standard InChI is InChI=1S/C5H6F3IOS/c6-5(7,8)4(1-2-4)3-10-11-9/h1-3H2. The van der Waals surface area contributed by atoms with Gasteiger partial charge in [0.2, 0.25) is 0 Å². The summed E-state index contributed by atoms with van der Waals surface area (Å²) < 4.78 is 41.1. The zero-order valence-electron chi connectivity index (χ0n) is 5.45. The molecule has 0 spiro atoms. The Bertz CT molecular complexity index is 145. The van der Waals surface area contributed by atoms with Crippen LogP contribution in [0.5, 0.6) is 0 Å². The van der Waals surface area contributed by atoms with Crippen LogP contribution in [0.4, 0.5) is 13.2 Å². The Labute approximate surface area is 78.8 Å². The molecule has 1 saturated carbocycles. The minimum absolute atomic E-state index is 0.204. The monoisotopic (exact) mass is 298 g/mol. The maximum atomic E-state index is 12.1. The summed E-state index contributed by atoms with van der Waals surface area (Å²) in [7, 11) is 0.955. The third kappa shape index (κ3) is 2.15. The van der Waals surface area contributed by atoms with Crippen molar-refractivity contribution in [2.24, 2.45) is 5.41 Å². The highest BCUT2D eigenvalue weighted by atomic mass is 127. The van der Waals surface area contributed by atoms with Crippen molar-refractivity contribution in [3.8, 4) is 0 Å². The summed E-state index contributed by atoms with van der Waals surface area (Å²) in [5.74, 6) is 0. The fraction of sp³-hybridized carbons (Fsp3) is 1.00. The molecule has 1 nitrogen and oxygen atoms in total. The van der Waals surface area contributed by atoms with Gasteiger partial charge in [-0.1, -0.05) is 0 Å². The van der Waals surface area contributed by atoms with E-state index >= 15 is 0 Å². The van der Waals surface area contributed by atoms with Crippen LogP contribution in [-0.2, 0) is 4.18 Å². The van der Waals surface area contributed by atoms with E-state index in [2.05, 4.69) is 4.18 Å². The Kier molecular flexibility index (Phi) is 2.97. The zero-order valence-corrected chi connectivity index (χ0v) is 8.42. The van der Waals surface area contributed by atoms with Gasteiger partial charge in [0.1, 0.15) is 0 Å². The molecule has 0 heterocycles. The lowest BCUT2D eigenvalue weighted by Crippen LogP contribution is -2.28. The molecule has 1 aliphatic carbocycles. The smallest absolute Gasteiger partial charge is 0.305 e. The summed E-state index contributed by atoms with van der Waals surface area (Å²) in [5.41, 5.74) is -1.51. The van der Waals surface area contributed by atoms with E-state index < -0.39 is 11.6 Å². The zero-order chi connectivity index (χ0) is 8.54. The summed E-state index contributed by atoms with van der Waals surface area (Å²) in [5, 5.41) is 0. The first-order chi connectivity index (χ1) is 5.02. The summed E-state index contributed by atoms with van der Waals surface area (Å²) in [6, 6.07) is 0. The molecule has 0 N–H and O–H groups in total. The number of hydrogen-bond acceptors (Lipinski definition) is 2. The van der Waals surface area contributed by atoms with E-state index in [0.717, 1.165) is 9.21 Å². The van der Waals surface area contributed by atoms with Crippen molar-refractivity contribution in [2.75, 3.05) is 6.61 Å². The molecule has 0 unspecified atom stereocenters. The van der Waals surface area contributed by atoms with Crippen molar-refractivity contribution in [3.05, 3.63) is 0 Å². The van der Waals surface area contributed by atoms with Crippen LogP contribution in [0.15, 0.2) is 0 Å². The van der Waals surface area contributed by atoms with Crippen LogP contribution in [-0.4, -0.2) is 12.8 Å². The quantitative estimate of drug-likeness (QED) is 0.584. The molecule has 0 saturated heterocycles. The third-order valence-corrected chi connectivity index (χ3v) is 2.80. The van der Waals surface area contributed by atoms with Gasteiger partial charge in [-0.05, 0) is 12.8 Å². The van der Waals surface area contributed by atoms with Crippen molar-refractivity contribution in [1.29, 1.82) is 0 Å². The molecule has 0 aliphatic heterocycles. The predicted octanol–water partition coefficient (Wildman–Crippen LogP) is 3.34. The molecular formula is C5H6F3IOS. The molecule has 0 amide bonds. The normalized spacial score (nSPS) is 21.8. The maximum absolute atomic E-state index is 12.1. The molecule has 6 heteroatoms. The molecular weight excluding hydrogens is 292 g/mol. The lowest BCUT2D eigenvalue weighted by atomic mass is 10.1. The highest BCUT2D eigenvalue weighted by Crippen LogP contribution is 2.58. The van der Waals surface area contributed by atoms with Crippen LogP contribution in [0.3, 0.4) is 0 Å². The minimum atomic E-state index is -4.08. The van der Waals surface area contributed by atoms with Crippen LogP contribution >= 0.6 is 30.4 Å². The van der Waals surface area contributed by atoms with Gasteiger partial charge in [0, 0.05) is 21.2 Å². The second-order valence-corrected chi connectivity index (χ2v) is 4.04. The number of hydrogen-bond donors (Lipinski definition) is 0. The van der Waals surface area contributed by atoms with Crippen molar-refractivity contribution in [2.45, 2.75) is 19.0 Å². The van der Waals surface area contributed by atoms with Gasteiger partial charge < -0.3 is 4.18 Å². The van der Waals surface area contributed by atoms with Crippen LogP contribution in [0, 0.1) is 5.41 Å². The Morgan fingerprint density at radius 1 is 1.45 bits per heavy atom. The molecule has 1 rings (SSSR count). The van der Waals surface area contributed by atoms with E-state index in [1.165, 1.54) is 0 Å². The maximum Gasteiger partial charge on any atom is 0.396 e. The number of rotatable bonds is 3. The minimum Gasteiger partial charge on any atom is -0.305 e. The first kappa shape index (κ1) is 9.91. The van der Waals surface area contributed by atoms with Crippen molar-refractivity contribution in [1.82, 2.24) is 0 Å². The lowest BCUT2D eigenvalue weighted by Gasteiger charge is -2.17. The molecule has 0 aromatic heterocycles. The first-order valence-corrected chi connectivity index (χ1v) is 6.27. The van der Waals surface area contributed by atoms with E-state index in [1.54, 1.807) is 0 Å². The van der Waals surface area contributed by atoms with Crippen molar-refractivity contribution >= 4 is 30.4 Å². The first-order valence-electron chi connectivity index (χ1n) is 2.99. The van der Waals surface area contributed by atoms with Gasteiger partial charge in [-0.25, -0.2) is 0 Å². The Morgan fingerprint density at radius 2 is 2.00 bits per heavy atom. The Morgan fingerprint density at radius 3 is 2.27 bits per heavy atom. The van der Waals surface area contributed by atoms with Crippen LogP contribution in [0.1, 0.15) is 12.8 Å². The number of alkyl halides is 3. The fourth-order valence-electron chi connectivity index (χ4n) is 0.796. The van der Waals surface area contributed by atoms with Gasteiger partial charge in [0.25, 0.3) is 0 Å². The summed E-state index contributed by atoms with van der Waals surface area (Å²) in [6.45, 7) is -0.204. The molecule has 66 valence electrons. The lowest BCUT2D eigenvalue weighted by molar-refractivity contribution is -0.193. The highest BCUT2D eigenvalue weighted by molar-refractivity contribution is 14.2. The molecule has 11 heavy (non-hydrogen) atoms. The number of halogens is 4. The summed E-state index contributed by atoms with van der Waals surface area (Å²) in [6.07, 6.45) is -3.65. The third-order valence-electron chi connectivity index (χ3n) is 1.83. The largest absolute Gasteiger partial charge is 0.396 e. The van der Waals surface area contributed by atoms with Crippen LogP contribution in [0.2, 0.25) is 0 Å². The fourth-order valence-corrected chi connectivity index (χ4v) is 1.45.